The summed E-state index contributed by atoms with van der Waals surface area (Å²) in [7, 11) is 0. The first-order chi connectivity index (χ1) is 12.2. The fourth-order valence-electron chi connectivity index (χ4n) is 5.21. The van der Waals surface area contributed by atoms with Crippen molar-refractivity contribution in [3.8, 4) is 11.3 Å². The van der Waals surface area contributed by atoms with Gasteiger partial charge in [-0.15, -0.1) is 0 Å². The minimum absolute atomic E-state index is 0.592. The number of nitrogens with zero attached hydrogens (tertiary/aromatic N) is 3. The first-order valence-corrected chi connectivity index (χ1v) is 9.89. The highest BCUT2D eigenvalue weighted by Gasteiger charge is 2.53. The summed E-state index contributed by atoms with van der Waals surface area (Å²) < 4.78 is 2.27. The van der Waals surface area contributed by atoms with E-state index >= 15 is 0 Å². The maximum Gasteiger partial charge on any atom is 0.0749 e. The number of hydrogen-bond donors (Lipinski definition) is 1. The smallest absolute Gasteiger partial charge is 0.0749 e. The topological polar surface area (TPSA) is 56.7 Å². The molecule has 0 saturated heterocycles. The van der Waals surface area contributed by atoms with Crippen LogP contribution in [0, 0.1) is 18.3 Å². The van der Waals surface area contributed by atoms with E-state index in [9.17, 15) is 0 Å². The number of aryl methyl sites for hydroxylation is 1. The molecule has 2 heterocycles. The predicted molar refractivity (Wildman–Crippen MR) is 99.3 cm³/mol. The highest BCUT2D eigenvalue weighted by Crippen LogP contribution is 2.63. The fraction of sp³-hybridized carbons (Fsp3) is 0.619. The summed E-state index contributed by atoms with van der Waals surface area (Å²) in [5, 5.41) is 5.04. The van der Waals surface area contributed by atoms with Crippen LogP contribution in [-0.4, -0.2) is 21.3 Å². The van der Waals surface area contributed by atoms with Crippen LogP contribution in [0.4, 0.5) is 0 Å². The van der Waals surface area contributed by atoms with Crippen molar-refractivity contribution in [3.05, 3.63) is 35.8 Å². The van der Waals surface area contributed by atoms with Crippen LogP contribution in [0.5, 0.6) is 0 Å². The van der Waals surface area contributed by atoms with Crippen molar-refractivity contribution in [2.45, 2.75) is 63.8 Å². The molecule has 0 bridgehead atoms. The quantitative estimate of drug-likeness (QED) is 0.890. The van der Waals surface area contributed by atoms with Crippen molar-refractivity contribution in [1.29, 1.82) is 0 Å². The van der Waals surface area contributed by atoms with Crippen LogP contribution in [-0.2, 0) is 0 Å². The van der Waals surface area contributed by atoms with Gasteiger partial charge < -0.3 is 5.73 Å². The Morgan fingerprint density at radius 3 is 2.68 bits per heavy atom. The highest BCUT2D eigenvalue weighted by atomic mass is 15.3. The van der Waals surface area contributed by atoms with E-state index in [1.807, 2.05) is 0 Å². The summed E-state index contributed by atoms with van der Waals surface area (Å²) in [5.74, 6) is 1.54. The molecular formula is C21H28N4. The monoisotopic (exact) mass is 336 g/mol. The van der Waals surface area contributed by atoms with Crippen molar-refractivity contribution < 1.29 is 0 Å². The average Bonchev–Trinajstić information content (AvgIpc) is 3.28. The molecule has 0 aromatic carbocycles. The molecule has 0 atom stereocenters. The summed E-state index contributed by atoms with van der Waals surface area (Å²) in [4.78, 5) is 4.75. The third kappa shape index (κ3) is 2.71. The minimum atomic E-state index is 0.592. The summed E-state index contributed by atoms with van der Waals surface area (Å²) in [6.07, 6.45) is 11.5. The van der Waals surface area contributed by atoms with E-state index in [1.54, 1.807) is 0 Å². The molecule has 2 aromatic rings. The molecule has 4 heteroatoms. The van der Waals surface area contributed by atoms with Gasteiger partial charge in [-0.1, -0.05) is 6.07 Å². The molecule has 3 aliphatic rings. The van der Waals surface area contributed by atoms with Gasteiger partial charge in [0.1, 0.15) is 0 Å². The number of pyridine rings is 1. The Kier molecular flexibility index (Phi) is 3.53. The van der Waals surface area contributed by atoms with E-state index in [1.165, 1.54) is 56.2 Å². The molecule has 3 fully saturated rings. The Labute approximate surface area is 149 Å². The molecule has 3 saturated carbocycles. The zero-order chi connectivity index (χ0) is 17.0. The van der Waals surface area contributed by atoms with E-state index < -0.39 is 0 Å². The largest absolute Gasteiger partial charge is 0.330 e. The van der Waals surface area contributed by atoms with Crippen LogP contribution in [0.1, 0.15) is 68.3 Å². The van der Waals surface area contributed by atoms with Crippen LogP contribution < -0.4 is 5.73 Å². The fourth-order valence-corrected chi connectivity index (χ4v) is 5.21. The molecule has 0 unspecified atom stereocenters. The summed E-state index contributed by atoms with van der Waals surface area (Å²) in [6, 6.07) is 6.89. The lowest BCUT2D eigenvalue weighted by Gasteiger charge is -2.58. The van der Waals surface area contributed by atoms with Crippen molar-refractivity contribution in [1.82, 2.24) is 14.8 Å². The Morgan fingerprint density at radius 2 is 2.00 bits per heavy atom. The molecule has 0 amide bonds. The van der Waals surface area contributed by atoms with E-state index in [-0.39, 0.29) is 0 Å². The van der Waals surface area contributed by atoms with Crippen LogP contribution in [0.3, 0.4) is 0 Å². The third-order valence-electron chi connectivity index (χ3n) is 6.62. The van der Waals surface area contributed by atoms with Gasteiger partial charge in [-0.2, -0.15) is 5.10 Å². The summed E-state index contributed by atoms with van der Waals surface area (Å²) >= 11 is 0. The second-order valence-corrected chi connectivity index (χ2v) is 8.76. The first kappa shape index (κ1) is 15.6. The Hall–Kier alpha value is -1.68. The second-order valence-electron chi connectivity index (χ2n) is 8.76. The summed E-state index contributed by atoms with van der Waals surface area (Å²) in [6.45, 7) is 2.91. The molecule has 132 valence electrons. The maximum absolute atomic E-state index is 5.70. The Morgan fingerprint density at radius 1 is 1.20 bits per heavy atom. The van der Waals surface area contributed by atoms with E-state index in [2.05, 4.69) is 36.0 Å². The molecule has 1 spiro atoms. The molecule has 25 heavy (non-hydrogen) atoms. The van der Waals surface area contributed by atoms with E-state index in [0.29, 0.717) is 17.4 Å². The van der Waals surface area contributed by atoms with E-state index in [0.717, 1.165) is 23.9 Å². The van der Waals surface area contributed by atoms with Gasteiger partial charge >= 0.3 is 0 Å². The van der Waals surface area contributed by atoms with Gasteiger partial charge in [0.2, 0.25) is 0 Å². The molecule has 0 aliphatic heterocycles. The van der Waals surface area contributed by atoms with Gasteiger partial charge in [0, 0.05) is 23.4 Å². The second kappa shape index (κ2) is 5.66. The highest BCUT2D eigenvalue weighted by molar-refractivity contribution is 5.62. The van der Waals surface area contributed by atoms with Crippen molar-refractivity contribution in [2.24, 2.45) is 17.1 Å². The SMILES string of the molecule is Cc1cccc(-c2cn(C3CC4(CC(CCN)C4)C3)nc2C2CC2)n1. The molecule has 2 aromatic heterocycles. The standard InChI is InChI=1S/C21H28N4/c1-14-3-2-4-19(23-14)18-13-25(24-20(18)16-5-6-16)17-11-21(12-17)9-15(10-21)7-8-22/h2-4,13,15-17H,5-12,22H2,1H3. The van der Waals surface area contributed by atoms with Crippen molar-refractivity contribution in [3.63, 3.8) is 0 Å². The molecule has 2 N–H and O–H groups in total. The lowest BCUT2D eigenvalue weighted by Crippen LogP contribution is -2.48. The zero-order valence-electron chi connectivity index (χ0n) is 15.1. The average molecular weight is 336 g/mol. The number of rotatable bonds is 5. The molecule has 4 nitrogen and oxygen atoms in total. The van der Waals surface area contributed by atoms with Gasteiger partial charge in [0.15, 0.2) is 0 Å². The Balaban J connectivity index is 1.35. The van der Waals surface area contributed by atoms with Gasteiger partial charge in [0.25, 0.3) is 0 Å². The molecule has 3 aliphatic carbocycles. The molecule has 5 rings (SSSR count). The summed E-state index contributed by atoms with van der Waals surface area (Å²) in [5.41, 5.74) is 11.0. The minimum Gasteiger partial charge on any atom is -0.330 e. The van der Waals surface area contributed by atoms with Crippen LogP contribution in [0.2, 0.25) is 0 Å². The number of nitrogens with two attached hydrogens (primary N) is 1. The third-order valence-corrected chi connectivity index (χ3v) is 6.62. The van der Waals surface area contributed by atoms with Crippen LogP contribution in [0.25, 0.3) is 11.3 Å². The van der Waals surface area contributed by atoms with Crippen LogP contribution in [0.15, 0.2) is 24.4 Å². The number of hydrogen-bond acceptors (Lipinski definition) is 3. The van der Waals surface area contributed by atoms with Gasteiger partial charge in [0.05, 0.1) is 17.4 Å². The van der Waals surface area contributed by atoms with Crippen molar-refractivity contribution in [2.75, 3.05) is 6.54 Å². The Bertz CT molecular complexity index is 775. The van der Waals surface area contributed by atoms with Gasteiger partial charge in [-0.25, -0.2) is 0 Å². The predicted octanol–water partition coefficient (Wildman–Crippen LogP) is 4.21. The maximum atomic E-state index is 5.70. The zero-order valence-corrected chi connectivity index (χ0v) is 15.1. The lowest BCUT2D eigenvalue weighted by atomic mass is 9.49. The van der Waals surface area contributed by atoms with E-state index in [4.69, 9.17) is 15.8 Å². The molecular weight excluding hydrogens is 308 g/mol. The van der Waals surface area contributed by atoms with Crippen LogP contribution >= 0.6 is 0 Å². The normalized spacial score (nSPS) is 31.0. The van der Waals surface area contributed by atoms with Gasteiger partial charge in [-0.3, -0.25) is 9.67 Å². The van der Waals surface area contributed by atoms with Crippen molar-refractivity contribution >= 4 is 0 Å². The lowest BCUT2D eigenvalue weighted by molar-refractivity contribution is -0.0667. The number of aromatic nitrogens is 3. The first-order valence-electron chi connectivity index (χ1n) is 9.89. The van der Waals surface area contributed by atoms with Gasteiger partial charge in [-0.05, 0) is 81.9 Å². The molecule has 0 radical (unpaired) electrons.